The molecule has 13 heavy (non-hydrogen) atoms. The monoisotopic (exact) mass is 193 g/mol. The highest BCUT2D eigenvalue weighted by atomic mass is 16.3. The Bertz CT molecular complexity index is 125. The Labute approximate surface area is 77.8 Å². The molecule has 0 aromatic rings. The summed E-state index contributed by atoms with van der Waals surface area (Å²) in [6, 6.07) is -0.614. The van der Waals surface area contributed by atoms with Crippen LogP contribution in [0, 0.1) is 0 Å². The first-order chi connectivity index (χ1) is 6.10. The molecule has 5 nitrogen and oxygen atoms in total. The molecule has 0 heterocycles. The standard InChI is InChI=1S/C8H19NO4/c9-7(1-4-10)8(13,2-5-11)3-6-12/h7,10-13H,1-6,9H2. The second-order valence-electron chi connectivity index (χ2n) is 3.17. The number of hydrogen-bond acceptors (Lipinski definition) is 5. The summed E-state index contributed by atoms with van der Waals surface area (Å²) in [5.74, 6) is 0. The number of hydrogen-bond donors (Lipinski definition) is 5. The van der Waals surface area contributed by atoms with Crippen molar-refractivity contribution in [2.24, 2.45) is 5.73 Å². The van der Waals surface area contributed by atoms with E-state index in [9.17, 15) is 5.11 Å². The van der Waals surface area contributed by atoms with Crippen molar-refractivity contribution in [1.82, 2.24) is 0 Å². The average Bonchev–Trinajstić information content (AvgIpc) is 2.05. The summed E-state index contributed by atoms with van der Waals surface area (Å²) in [7, 11) is 0. The molecule has 0 saturated heterocycles. The Balaban J connectivity index is 4.18. The van der Waals surface area contributed by atoms with E-state index in [0.717, 1.165) is 0 Å². The zero-order valence-electron chi connectivity index (χ0n) is 7.69. The Morgan fingerprint density at radius 1 is 1.00 bits per heavy atom. The van der Waals surface area contributed by atoms with E-state index in [2.05, 4.69) is 0 Å². The Hall–Kier alpha value is -0.200. The summed E-state index contributed by atoms with van der Waals surface area (Å²) >= 11 is 0. The number of aliphatic hydroxyl groups excluding tert-OH is 3. The molecule has 0 amide bonds. The number of rotatable bonds is 7. The first-order valence-corrected chi connectivity index (χ1v) is 4.41. The van der Waals surface area contributed by atoms with Crippen molar-refractivity contribution in [2.75, 3.05) is 19.8 Å². The van der Waals surface area contributed by atoms with Gasteiger partial charge in [0.15, 0.2) is 0 Å². The average molecular weight is 193 g/mol. The number of aliphatic hydroxyl groups is 4. The molecule has 80 valence electrons. The van der Waals surface area contributed by atoms with Crippen molar-refractivity contribution >= 4 is 0 Å². The Kier molecular flexibility index (Phi) is 6.19. The predicted octanol–water partition coefficient (Wildman–Crippen LogP) is -1.81. The highest BCUT2D eigenvalue weighted by molar-refractivity contribution is 4.88. The van der Waals surface area contributed by atoms with Gasteiger partial charge in [-0.2, -0.15) is 0 Å². The van der Waals surface area contributed by atoms with Gasteiger partial charge in [-0.1, -0.05) is 0 Å². The van der Waals surface area contributed by atoms with Crippen LogP contribution in [0.5, 0.6) is 0 Å². The van der Waals surface area contributed by atoms with Gasteiger partial charge in [-0.15, -0.1) is 0 Å². The number of nitrogens with two attached hydrogens (primary N) is 1. The molecule has 6 N–H and O–H groups in total. The van der Waals surface area contributed by atoms with Gasteiger partial charge in [0.05, 0.1) is 5.60 Å². The maximum atomic E-state index is 9.85. The predicted molar refractivity (Wildman–Crippen MR) is 48.0 cm³/mol. The summed E-state index contributed by atoms with van der Waals surface area (Å²) in [5, 5.41) is 35.8. The van der Waals surface area contributed by atoms with Gasteiger partial charge in [-0.05, 0) is 6.42 Å². The fraction of sp³-hybridized carbons (Fsp3) is 1.00. The molecule has 1 atom stereocenters. The summed E-state index contributed by atoms with van der Waals surface area (Å²) in [4.78, 5) is 0. The third kappa shape index (κ3) is 4.02. The molecular formula is C8H19NO4. The third-order valence-electron chi connectivity index (χ3n) is 2.22. The highest BCUT2D eigenvalue weighted by Crippen LogP contribution is 2.20. The fourth-order valence-corrected chi connectivity index (χ4v) is 1.29. The molecule has 0 bridgehead atoms. The second-order valence-corrected chi connectivity index (χ2v) is 3.17. The zero-order chi connectivity index (χ0) is 10.3. The third-order valence-corrected chi connectivity index (χ3v) is 2.22. The van der Waals surface area contributed by atoms with Gasteiger partial charge in [-0.3, -0.25) is 0 Å². The van der Waals surface area contributed by atoms with Crippen molar-refractivity contribution in [2.45, 2.75) is 30.9 Å². The molecule has 0 spiro atoms. The van der Waals surface area contributed by atoms with Gasteiger partial charge < -0.3 is 26.2 Å². The van der Waals surface area contributed by atoms with Crippen LogP contribution in [0.25, 0.3) is 0 Å². The summed E-state index contributed by atoms with van der Waals surface area (Å²) in [6.07, 6.45) is 0.500. The van der Waals surface area contributed by atoms with Crippen LogP contribution in [0.3, 0.4) is 0 Å². The van der Waals surface area contributed by atoms with E-state index in [1.54, 1.807) is 0 Å². The van der Waals surface area contributed by atoms with Gasteiger partial charge in [0.25, 0.3) is 0 Å². The molecule has 1 unspecified atom stereocenters. The van der Waals surface area contributed by atoms with Gasteiger partial charge in [0, 0.05) is 38.7 Å². The van der Waals surface area contributed by atoms with Crippen molar-refractivity contribution in [1.29, 1.82) is 0 Å². The maximum Gasteiger partial charge on any atom is 0.0842 e. The van der Waals surface area contributed by atoms with E-state index in [1.807, 2.05) is 0 Å². The van der Waals surface area contributed by atoms with E-state index in [1.165, 1.54) is 0 Å². The fourth-order valence-electron chi connectivity index (χ4n) is 1.29. The molecule has 0 aromatic heterocycles. The molecule has 0 aromatic carbocycles. The lowest BCUT2D eigenvalue weighted by Gasteiger charge is -2.32. The van der Waals surface area contributed by atoms with E-state index in [4.69, 9.17) is 21.1 Å². The van der Waals surface area contributed by atoms with Gasteiger partial charge in [-0.25, -0.2) is 0 Å². The Morgan fingerprint density at radius 2 is 1.46 bits per heavy atom. The lowest BCUT2D eigenvalue weighted by molar-refractivity contribution is -0.0314. The van der Waals surface area contributed by atoms with Crippen LogP contribution in [-0.2, 0) is 0 Å². The Morgan fingerprint density at radius 3 is 1.77 bits per heavy atom. The van der Waals surface area contributed by atoms with Crippen molar-refractivity contribution in [3.05, 3.63) is 0 Å². The molecular weight excluding hydrogens is 174 g/mol. The lowest BCUT2D eigenvalue weighted by atomic mass is 9.86. The highest BCUT2D eigenvalue weighted by Gasteiger charge is 2.32. The molecule has 0 radical (unpaired) electrons. The van der Waals surface area contributed by atoms with E-state index in [0.29, 0.717) is 0 Å². The minimum Gasteiger partial charge on any atom is -0.396 e. The van der Waals surface area contributed by atoms with Crippen LogP contribution >= 0.6 is 0 Å². The second kappa shape index (κ2) is 6.28. The largest absolute Gasteiger partial charge is 0.396 e. The van der Waals surface area contributed by atoms with Crippen LogP contribution in [0.2, 0.25) is 0 Å². The maximum absolute atomic E-state index is 9.85. The lowest BCUT2D eigenvalue weighted by Crippen LogP contribution is -2.49. The smallest absolute Gasteiger partial charge is 0.0842 e. The quantitative estimate of drug-likeness (QED) is 0.328. The SMILES string of the molecule is NC(CCO)C(O)(CCO)CCO. The molecule has 0 fully saturated rings. The summed E-state index contributed by atoms with van der Waals surface area (Å²) < 4.78 is 0. The first-order valence-electron chi connectivity index (χ1n) is 4.41. The van der Waals surface area contributed by atoms with Gasteiger partial charge in [0.1, 0.15) is 0 Å². The normalized spacial score (nSPS) is 14.5. The molecule has 0 aliphatic rings. The molecule has 0 saturated carbocycles. The molecule has 0 aliphatic heterocycles. The minimum absolute atomic E-state index is 0.111. The minimum atomic E-state index is -1.27. The van der Waals surface area contributed by atoms with E-state index in [-0.39, 0.29) is 39.1 Å². The molecule has 5 heteroatoms. The summed E-state index contributed by atoms with van der Waals surface area (Å²) in [6.45, 7) is -0.481. The van der Waals surface area contributed by atoms with Gasteiger partial charge >= 0.3 is 0 Å². The van der Waals surface area contributed by atoms with Crippen LogP contribution in [0.1, 0.15) is 19.3 Å². The van der Waals surface area contributed by atoms with E-state index >= 15 is 0 Å². The summed E-state index contributed by atoms with van der Waals surface area (Å²) in [5.41, 5.74) is 4.33. The van der Waals surface area contributed by atoms with Crippen LogP contribution in [0.15, 0.2) is 0 Å². The van der Waals surface area contributed by atoms with Crippen LogP contribution < -0.4 is 5.73 Å². The van der Waals surface area contributed by atoms with Crippen molar-refractivity contribution in [3.63, 3.8) is 0 Å². The van der Waals surface area contributed by atoms with Crippen LogP contribution in [-0.4, -0.2) is 51.9 Å². The van der Waals surface area contributed by atoms with Gasteiger partial charge in [0.2, 0.25) is 0 Å². The molecule has 0 aliphatic carbocycles. The van der Waals surface area contributed by atoms with Crippen LogP contribution in [0.4, 0.5) is 0 Å². The van der Waals surface area contributed by atoms with Crippen molar-refractivity contribution in [3.8, 4) is 0 Å². The topological polar surface area (TPSA) is 107 Å². The zero-order valence-corrected chi connectivity index (χ0v) is 7.69. The van der Waals surface area contributed by atoms with E-state index < -0.39 is 11.6 Å². The van der Waals surface area contributed by atoms with Crippen molar-refractivity contribution < 1.29 is 20.4 Å². The molecule has 0 rings (SSSR count). The first kappa shape index (κ1) is 12.8.